The number of benzene rings is 3. The van der Waals surface area contributed by atoms with Gasteiger partial charge in [0.05, 0.1) is 23.7 Å². The lowest BCUT2D eigenvalue weighted by molar-refractivity contribution is -0.0702. The van der Waals surface area contributed by atoms with Gasteiger partial charge in [-0.05, 0) is 10.8 Å². The van der Waals surface area contributed by atoms with Crippen LogP contribution in [0.15, 0.2) is 48.5 Å². The van der Waals surface area contributed by atoms with Crippen molar-refractivity contribution in [2.75, 3.05) is 11.9 Å². The van der Waals surface area contributed by atoms with Gasteiger partial charge in [-0.25, -0.2) is 14.8 Å². The first-order chi connectivity index (χ1) is 15.2. The van der Waals surface area contributed by atoms with E-state index < -0.39 is 24.7 Å². The van der Waals surface area contributed by atoms with Gasteiger partial charge in [0.15, 0.2) is 12.0 Å². The molecule has 2 amide bonds. The average molecular weight is 414 g/mol. The van der Waals surface area contributed by atoms with E-state index in [9.17, 15) is 9.90 Å². The molecule has 31 heavy (non-hydrogen) atoms. The molecule has 154 valence electrons. The van der Waals surface area contributed by atoms with E-state index in [-0.39, 0.29) is 12.6 Å². The Balaban J connectivity index is 1.51. The van der Waals surface area contributed by atoms with Crippen molar-refractivity contribution in [1.82, 2.24) is 14.9 Å². The number of carbonyl (C=O) groups is 1. The molecule has 4 aromatic rings. The Morgan fingerprint density at radius 1 is 0.968 bits per heavy atom. The number of anilines is 1. The Morgan fingerprint density at radius 2 is 1.61 bits per heavy atom. The number of aliphatic hydroxyl groups is 1. The predicted octanol–water partition coefficient (Wildman–Crippen LogP) is 3.29. The third-order valence-corrected chi connectivity index (χ3v) is 6.46. The molecule has 8 nitrogen and oxygen atoms in total. The van der Waals surface area contributed by atoms with Crippen LogP contribution in [-0.4, -0.2) is 51.0 Å². The lowest BCUT2D eigenvalue weighted by atomic mass is 9.99. The highest BCUT2D eigenvalue weighted by molar-refractivity contribution is 6.23. The van der Waals surface area contributed by atoms with Crippen molar-refractivity contribution < 1.29 is 19.4 Å². The van der Waals surface area contributed by atoms with Crippen LogP contribution in [0.5, 0.6) is 0 Å². The molecule has 8 heteroatoms. The van der Waals surface area contributed by atoms with Crippen molar-refractivity contribution in [3.05, 3.63) is 54.2 Å². The number of carbonyl (C=O) groups excluding carboxylic acids is 1. The molecule has 1 aromatic heterocycles. The summed E-state index contributed by atoms with van der Waals surface area (Å²) in [6, 6.07) is 15.9. The number of aliphatic hydroxyl groups excluding tert-OH is 1. The van der Waals surface area contributed by atoms with Gasteiger partial charge in [0.25, 0.3) is 0 Å². The maximum absolute atomic E-state index is 13.0. The number of ether oxygens (including phenoxy) is 2. The maximum atomic E-state index is 13.0. The average Bonchev–Trinajstić information content (AvgIpc) is 3.04. The summed E-state index contributed by atoms with van der Waals surface area (Å²) in [5.74, 6) is 0.400. The largest absolute Gasteiger partial charge is 0.390 e. The summed E-state index contributed by atoms with van der Waals surface area (Å²) in [4.78, 5) is 24.3. The normalized spacial score (nSPS) is 27.3. The number of hydrogen-bond acceptors (Lipinski definition) is 6. The lowest BCUT2D eigenvalue weighted by Crippen LogP contribution is -2.49. The van der Waals surface area contributed by atoms with Crippen molar-refractivity contribution >= 4 is 44.4 Å². The molecule has 0 aliphatic carbocycles. The molecule has 3 aliphatic heterocycles. The molecule has 0 saturated carbocycles. The van der Waals surface area contributed by atoms with Gasteiger partial charge >= 0.3 is 6.03 Å². The highest BCUT2D eigenvalue weighted by Gasteiger charge is 2.49. The number of hydrogen-bond donors (Lipinski definition) is 2. The van der Waals surface area contributed by atoms with E-state index in [4.69, 9.17) is 19.4 Å². The van der Waals surface area contributed by atoms with Crippen LogP contribution in [-0.2, 0) is 9.47 Å². The Labute approximate surface area is 176 Å². The summed E-state index contributed by atoms with van der Waals surface area (Å²) in [6.07, 6.45) is -2.04. The maximum Gasteiger partial charge on any atom is 0.327 e. The number of rotatable bonds is 0. The monoisotopic (exact) mass is 414 g/mol. The summed E-state index contributed by atoms with van der Waals surface area (Å²) < 4.78 is 11.9. The molecule has 4 atom stereocenters. The lowest BCUT2D eigenvalue weighted by Gasteiger charge is -2.37. The van der Waals surface area contributed by atoms with Crippen LogP contribution in [0.3, 0.4) is 0 Å². The smallest absolute Gasteiger partial charge is 0.327 e. The molecule has 2 fully saturated rings. The second-order valence-corrected chi connectivity index (χ2v) is 8.20. The minimum atomic E-state index is -0.714. The van der Waals surface area contributed by atoms with Crippen molar-refractivity contribution in [1.29, 1.82) is 0 Å². The zero-order valence-electron chi connectivity index (χ0n) is 16.4. The summed E-state index contributed by atoms with van der Waals surface area (Å²) >= 11 is 0. The van der Waals surface area contributed by atoms with Crippen LogP contribution in [0.25, 0.3) is 32.6 Å². The Kier molecular flexibility index (Phi) is 3.42. The van der Waals surface area contributed by atoms with Crippen LogP contribution < -0.4 is 5.32 Å². The third-order valence-electron chi connectivity index (χ3n) is 6.46. The van der Waals surface area contributed by atoms with E-state index in [0.29, 0.717) is 17.9 Å². The van der Waals surface area contributed by atoms with E-state index >= 15 is 0 Å². The fourth-order valence-electron chi connectivity index (χ4n) is 5.00. The topological polar surface area (TPSA) is 96.8 Å². The summed E-state index contributed by atoms with van der Waals surface area (Å²) in [6.45, 7) is 0.184. The first-order valence-corrected chi connectivity index (χ1v) is 10.3. The van der Waals surface area contributed by atoms with E-state index in [1.807, 2.05) is 36.4 Å². The molecular weight excluding hydrogens is 396 g/mol. The van der Waals surface area contributed by atoms with Gasteiger partial charge in [-0.2, -0.15) is 0 Å². The molecule has 2 N–H and O–H groups in total. The van der Waals surface area contributed by atoms with E-state index in [1.165, 1.54) is 4.90 Å². The number of amides is 2. The van der Waals surface area contributed by atoms with Crippen LogP contribution in [0, 0.1) is 0 Å². The van der Waals surface area contributed by atoms with Crippen molar-refractivity contribution in [2.45, 2.75) is 31.1 Å². The third kappa shape index (κ3) is 2.32. The van der Waals surface area contributed by atoms with Crippen molar-refractivity contribution in [3.8, 4) is 0 Å². The van der Waals surface area contributed by atoms with Crippen LogP contribution >= 0.6 is 0 Å². The molecule has 2 saturated heterocycles. The van der Waals surface area contributed by atoms with Crippen LogP contribution in [0.2, 0.25) is 0 Å². The molecule has 3 aromatic carbocycles. The first-order valence-electron chi connectivity index (χ1n) is 10.3. The highest BCUT2D eigenvalue weighted by atomic mass is 16.6. The van der Waals surface area contributed by atoms with Gasteiger partial charge < -0.3 is 14.6 Å². The first kappa shape index (κ1) is 17.4. The van der Waals surface area contributed by atoms with Gasteiger partial charge in [-0.15, -0.1) is 0 Å². The number of aromatic nitrogens is 2. The molecule has 3 aliphatic rings. The molecule has 0 unspecified atom stereocenters. The van der Waals surface area contributed by atoms with Crippen molar-refractivity contribution in [2.24, 2.45) is 0 Å². The quantitative estimate of drug-likeness (QED) is 0.429. The second kappa shape index (κ2) is 6.10. The fourth-order valence-corrected chi connectivity index (χ4v) is 5.00. The van der Waals surface area contributed by atoms with Crippen LogP contribution in [0.4, 0.5) is 10.6 Å². The minimum absolute atomic E-state index is 0.184. The Bertz CT molecular complexity index is 1410. The molecule has 0 spiro atoms. The molecule has 7 rings (SSSR count). The fraction of sp³-hybridized carbons (Fsp3) is 0.261. The predicted molar refractivity (Wildman–Crippen MR) is 113 cm³/mol. The summed E-state index contributed by atoms with van der Waals surface area (Å²) in [5.41, 5.74) is 2.06. The van der Waals surface area contributed by atoms with Gasteiger partial charge in [0, 0.05) is 17.2 Å². The Morgan fingerprint density at radius 3 is 2.32 bits per heavy atom. The van der Waals surface area contributed by atoms with Gasteiger partial charge in [0.1, 0.15) is 18.0 Å². The highest BCUT2D eigenvalue weighted by Crippen LogP contribution is 2.42. The Hall–Kier alpha value is -3.33. The molecule has 2 bridgehead atoms. The zero-order valence-corrected chi connectivity index (χ0v) is 16.4. The number of fused-ring (bicyclic) bond motifs is 12. The van der Waals surface area contributed by atoms with Gasteiger partial charge in [-0.1, -0.05) is 48.5 Å². The van der Waals surface area contributed by atoms with Crippen molar-refractivity contribution in [3.63, 3.8) is 0 Å². The number of nitrogens with one attached hydrogen (secondary N) is 1. The van der Waals surface area contributed by atoms with E-state index in [2.05, 4.69) is 17.4 Å². The van der Waals surface area contributed by atoms with Gasteiger partial charge in [-0.3, -0.25) is 10.2 Å². The standard InChI is InChI=1S/C23H18N4O4/c28-15-9-17-27-22(30-10-16(15)31-17)20-21(26-23(27)29)25-19-14-8-4-2-6-12(14)11-5-1-3-7-13(11)18(19)24-20/h1-8,15-17,22,28H,9-10H2,(H,25,26,29)/t15-,16+,17+,22-/m0/s1. The second-order valence-electron chi connectivity index (χ2n) is 8.20. The van der Waals surface area contributed by atoms with Crippen LogP contribution in [0.1, 0.15) is 18.3 Å². The summed E-state index contributed by atoms with van der Waals surface area (Å²) in [7, 11) is 0. The number of urea groups is 1. The van der Waals surface area contributed by atoms with E-state index in [1.54, 1.807) is 0 Å². The minimum Gasteiger partial charge on any atom is -0.390 e. The molecule has 4 heterocycles. The van der Waals surface area contributed by atoms with Gasteiger partial charge in [0.2, 0.25) is 0 Å². The summed E-state index contributed by atoms with van der Waals surface area (Å²) in [5, 5.41) is 17.2. The molecule has 0 radical (unpaired) electrons. The number of nitrogens with zero attached hydrogens (tertiary/aromatic N) is 3. The SMILES string of the molecule is O=C1Nc2nc3c4ccccc4c4ccccc4c3nc2[C@@H]2OC[C@H]3O[C@H](C[C@@H]3O)N12. The zero-order chi connectivity index (χ0) is 20.7. The molecular formula is C23H18N4O4. The van der Waals surface area contributed by atoms with E-state index in [0.717, 1.165) is 32.6 Å².